The molecule has 1 heterocycles. The molecule has 0 radical (unpaired) electrons. The number of nitrogens with zero attached hydrogens (tertiary/aromatic N) is 1. The van der Waals surface area contributed by atoms with Crippen LogP contribution in [0.5, 0.6) is 0 Å². The topological polar surface area (TPSA) is 65.5 Å². The van der Waals surface area contributed by atoms with E-state index >= 15 is 0 Å². The summed E-state index contributed by atoms with van der Waals surface area (Å²) in [6.07, 6.45) is 7.61. The minimum absolute atomic E-state index is 0.140. The molecule has 140 valence electrons. The molecular weight excluding hydrogens is 332 g/mol. The zero-order chi connectivity index (χ0) is 17.9. The molecule has 0 saturated heterocycles. The molecule has 5 nitrogen and oxygen atoms in total. The normalized spacial score (nSPS) is 17.1. The highest BCUT2D eigenvalue weighted by Crippen LogP contribution is 2.17. The molecule has 3 N–H and O–H groups in total. The summed E-state index contributed by atoms with van der Waals surface area (Å²) in [5.41, 5.74) is 0. The van der Waals surface area contributed by atoms with Crippen molar-refractivity contribution in [2.24, 2.45) is 10.9 Å². The number of nitrogens with one attached hydrogen (secondary N) is 3. The van der Waals surface area contributed by atoms with Crippen LogP contribution in [0.1, 0.15) is 50.3 Å². The zero-order valence-electron chi connectivity index (χ0n) is 15.5. The van der Waals surface area contributed by atoms with Crippen molar-refractivity contribution in [3.05, 3.63) is 22.4 Å². The number of hydrogen-bond acceptors (Lipinski definition) is 3. The van der Waals surface area contributed by atoms with Crippen molar-refractivity contribution in [2.45, 2.75) is 57.9 Å². The predicted molar refractivity (Wildman–Crippen MR) is 106 cm³/mol. The molecular formula is C19H32N4OS. The molecule has 0 aliphatic heterocycles. The first-order valence-corrected chi connectivity index (χ1v) is 10.3. The lowest BCUT2D eigenvalue weighted by atomic mass is 9.95. The average Bonchev–Trinajstić information content (AvgIpc) is 3.11. The van der Waals surface area contributed by atoms with E-state index in [4.69, 9.17) is 0 Å². The lowest BCUT2D eigenvalue weighted by Gasteiger charge is -2.22. The minimum Gasteiger partial charge on any atom is -0.356 e. The van der Waals surface area contributed by atoms with Gasteiger partial charge in [-0.2, -0.15) is 0 Å². The summed E-state index contributed by atoms with van der Waals surface area (Å²) >= 11 is 1.80. The van der Waals surface area contributed by atoms with Crippen LogP contribution in [0, 0.1) is 5.92 Å². The van der Waals surface area contributed by atoms with Crippen LogP contribution in [0.3, 0.4) is 0 Å². The number of aliphatic imine (C=N–C) groups is 1. The van der Waals surface area contributed by atoms with E-state index in [9.17, 15) is 4.79 Å². The molecule has 1 unspecified atom stereocenters. The predicted octanol–water partition coefficient (Wildman–Crippen LogP) is 2.93. The van der Waals surface area contributed by atoms with E-state index in [1.165, 1.54) is 24.1 Å². The number of hydrogen-bond donors (Lipinski definition) is 3. The number of thiophene rings is 1. The maximum absolute atomic E-state index is 12.0. The third-order valence-electron chi connectivity index (χ3n) is 4.59. The highest BCUT2D eigenvalue weighted by atomic mass is 32.1. The van der Waals surface area contributed by atoms with Crippen LogP contribution in [0.2, 0.25) is 0 Å². The molecule has 1 fully saturated rings. The average molecular weight is 365 g/mol. The van der Waals surface area contributed by atoms with Gasteiger partial charge in [-0.3, -0.25) is 9.79 Å². The molecule has 1 saturated carbocycles. The van der Waals surface area contributed by atoms with Gasteiger partial charge in [-0.25, -0.2) is 0 Å². The number of carbonyl (C=O) groups excluding carboxylic acids is 1. The Morgan fingerprint density at radius 3 is 2.80 bits per heavy atom. The molecule has 25 heavy (non-hydrogen) atoms. The van der Waals surface area contributed by atoms with Crippen LogP contribution >= 0.6 is 11.3 Å². The second-order valence-electron chi connectivity index (χ2n) is 6.92. The van der Waals surface area contributed by atoms with Gasteiger partial charge in [-0.15, -0.1) is 11.3 Å². The molecule has 1 atom stereocenters. The van der Waals surface area contributed by atoms with Crippen LogP contribution in [0.25, 0.3) is 0 Å². The summed E-state index contributed by atoms with van der Waals surface area (Å²) in [5.74, 6) is 1.44. The first-order chi connectivity index (χ1) is 12.2. The highest BCUT2D eigenvalue weighted by Gasteiger charge is 2.15. The van der Waals surface area contributed by atoms with Gasteiger partial charge >= 0.3 is 0 Å². The van der Waals surface area contributed by atoms with Gasteiger partial charge in [0.15, 0.2) is 5.96 Å². The number of amides is 1. The van der Waals surface area contributed by atoms with Crippen LogP contribution in [0.4, 0.5) is 0 Å². The highest BCUT2D eigenvalue weighted by molar-refractivity contribution is 7.09. The Balaban J connectivity index is 1.58. The quantitative estimate of drug-likeness (QED) is 0.491. The van der Waals surface area contributed by atoms with Crippen molar-refractivity contribution in [3.8, 4) is 0 Å². The fourth-order valence-corrected chi connectivity index (χ4v) is 4.05. The smallest absolute Gasteiger partial charge is 0.221 e. The van der Waals surface area contributed by atoms with Gasteiger partial charge < -0.3 is 16.0 Å². The van der Waals surface area contributed by atoms with Crippen molar-refractivity contribution in [1.82, 2.24) is 16.0 Å². The Labute approximate surface area is 155 Å². The van der Waals surface area contributed by atoms with Crippen molar-refractivity contribution in [2.75, 3.05) is 20.1 Å². The van der Waals surface area contributed by atoms with Crippen molar-refractivity contribution < 1.29 is 4.79 Å². The summed E-state index contributed by atoms with van der Waals surface area (Å²) in [6, 6.07) is 4.66. The molecule has 0 aromatic carbocycles. The second kappa shape index (κ2) is 11.1. The summed E-state index contributed by atoms with van der Waals surface area (Å²) in [4.78, 5) is 17.7. The van der Waals surface area contributed by atoms with E-state index < -0.39 is 0 Å². The SMILES string of the molecule is CN=C(NCCC(=O)NC1CCCCC1)NCC(C)Cc1cccs1. The van der Waals surface area contributed by atoms with E-state index in [2.05, 4.69) is 45.4 Å². The van der Waals surface area contributed by atoms with Gasteiger partial charge in [0.2, 0.25) is 5.91 Å². The Hall–Kier alpha value is -1.56. The Bertz CT molecular complexity index is 524. The van der Waals surface area contributed by atoms with Gasteiger partial charge in [-0.1, -0.05) is 32.3 Å². The Morgan fingerprint density at radius 1 is 1.32 bits per heavy atom. The molecule has 6 heteroatoms. The zero-order valence-corrected chi connectivity index (χ0v) is 16.3. The summed E-state index contributed by atoms with van der Waals surface area (Å²) < 4.78 is 0. The summed E-state index contributed by atoms with van der Waals surface area (Å²) in [7, 11) is 1.77. The molecule has 1 aromatic heterocycles. The van der Waals surface area contributed by atoms with E-state index in [0.717, 1.165) is 31.8 Å². The number of carbonyl (C=O) groups is 1. The molecule has 1 amide bonds. The maximum Gasteiger partial charge on any atom is 0.221 e. The Morgan fingerprint density at radius 2 is 2.12 bits per heavy atom. The summed E-state index contributed by atoms with van der Waals surface area (Å²) in [6.45, 7) is 3.71. The van der Waals surface area contributed by atoms with Crippen LogP contribution in [-0.4, -0.2) is 38.0 Å². The van der Waals surface area contributed by atoms with Crippen LogP contribution < -0.4 is 16.0 Å². The van der Waals surface area contributed by atoms with Crippen molar-refractivity contribution in [1.29, 1.82) is 0 Å². The number of guanidine groups is 1. The third kappa shape index (κ3) is 7.90. The third-order valence-corrected chi connectivity index (χ3v) is 5.48. The minimum atomic E-state index is 0.140. The standard InChI is InChI=1S/C19H32N4OS/c1-15(13-17-9-6-12-25-17)14-22-19(20-2)21-11-10-18(24)23-16-7-4-3-5-8-16/h6,9,12,15-16H,3-5,7-8,10-11,13-14H2,1-2H3,(H,23,24)(H2,20,21,22). The maximum atomic E-state index is 12.0. The van der Waals surface area contributed by atoms with E-state index in [1.54, 1.807) is 18.4 Å². The first kappa shape index (κ1) is 19.8. The van der Waals surface area contributed by atoms with Crippen molar-refractivity contribution in [3.63, 3.8) is 0 Å². The van der Waals surface area contributed by atoms with Crippen LogP contribution in [-0.2, 0) is 11.2 Å². The fraction of sp³-hybridized carbons (Fsp3) is 0.684. The molecule has 0 bridgehead atoms. The monoisotopic (exact) mass is 364 g/mol. The molecule has 1 aliphatic carbocycles. The first-order valence-electron chi connectivity index (χ1n) is 9.43. The fourth-order valence-electron chi connectivity index (χ4n) is 3.18. The van der Waals surface area contributed by atoms with Gasteiger partial charge in [0, 0.05) is 37.5 Å². The van der Waals surface area contributed by atoms with Gasteiger partial charge in [-0.05, 0) is 36.6 Å². The number of rotatable bonds is 8. The molecule has 0 spiro atoms. The second-order valence-corrected chi connectivity index (χ2v) is 7.95. The van der Waals surface area contributed by atoms with Gasteiger partial charge in [0.1, 0.15) is 0 Å². The van der Waals surface area contributed by atoms with Gasteiger partial charge in [0.25, 0.3) is 0 Å². The Kier molecular flexibility index (Phi) is 8.80. The molecule has 2 rings (SSSR count). The molecule has 1 aromatic rings. The van der Waals surface area contributed by atoms with Crippen LogP contribution in [0.15, 0.2) is 22.5 Å². The van der Waals surface area contributed by atoms with E-state index in [-0.39, 0.29) is 5.91 Å². The van der Waals surface area contributed by atoms with E-state index in [1.807, 2.05) is 0 Å². The lowest BCUT2D eigenvalue weighted by Crippen LogP contribution is -2.42. The van der Waals surface area contributed by atoms with Gasteiger partial charge in [0.05, 0.1) is 0 Å². The van der Waals surface area contributed by atoms with E-state index in [0.29, 0.717) is 24.9 Å². The summed E-state index contributed by atoms with van der Waals surface area (Å²) in [5, 5.41) is 11.8. The van der Waals surface area contributed by atoms with Crippen molar-refractivity contribution >= 4 is 23.2 Å². The largest absolute Gasteiger partial charge is 0.356 e. The lowest BCUT2D eigenvalue weighted by molar-refractivity contribution is -0.121. The molecule has 1 aliphatic rings.